The average Bonchev–Trinajstić information content (AvgIpc) is 3.02. The Morgan fingerprint density at radius 2 is 1.80 bits per heavy atom. The lowest BCUT2D eigenvalue weighted by atomic mass is 10.0. The van der Waals surface area contributed by atoms with Crippen molar-refractivity contribution in [2.24, 2.45) is 4.99 Å². The fourth-order valence-corrected chi connectivity index (χ4v) is 3.71. The normalized spacial score (nSPS) is 15.0. The zero-order valence-electron chi connectivity index (χ0n) is 17.8. The molecule has 0 bridgehead atoms. The quantitative estimate of drug-likeness (QED) is 0.793. The summed E-state index contributed by atoms with van der Waals surface area (Å²) in [5, 5.41) is 12.0. The Kier molecular flexibility index (Phi) is 6.02. The van der Waals surface area contributed by atoms with E-state index in [1.807, 2.05) is 52.0 Å². The van der Waals surface area contributed by atoms with E-state index in [0.717, 1.165) is 16.7 Å². The zero-order chi connectivity index (χ0) is 21.9. The van der Waals surface area contributed by atoms with Gasteiger partial charge in [-0.15, -0.1) is 0 Å². The van der Waals surface area contributed by atoms with Gasteiger partial charge in [-0.2, -0.15) is 5.26 Å². The van der Waals surface area contributed by atoms with Crippen molar-refractivity contribution in [2.75, 3.05) is 11.9 Å². The van der Waals surface area contributed by atoms with Gasteiger partial charge in [0.1, 0.15) is 17.9 Å². The SMILES string of the molecule is CCC1(CC)N=C(c2ccc(C)cc2)C(=O)N1CC(=O)Nc1ccc(C)c(C#N)c1. The van der Waals surface area contributed by atoms with Crippen LogP contribution in [-0.2, 0) is 9.59 Å². The fourth-order valence-electron chi connectivity index (χ4n) is 3.71. The van der Waals surface area contributed by atoms with Crippen LogP contribution in [0.3, 0.4) is 0 Å². The molecule has 0 saturated carbocycles. The molecule has 1 aliphatic rings. The second-order valence-electron chi connectivity index (χ2n) is 7.60. The molecule has 1 N–H and O–H groups in total. The Bertz CT molecular complexity index is 1040. The standard InChI is InChI=1S/C24H26N4O2/c1-5-24(6-2)27-22(18-10-7-16(3)8-11-18)23(30)28(24)15-21(29)26-20-12-9-17(4)19(13-20)14-25/h7-13H,5-6,15H2,1-4H3,(H,26,29). The van der Waals surface area contributed by atoms with E-state index < -0.39 is 5.66 Å². The number of nitriles is 1. The van der Waals surface area contributed by atoms with E-state index in [1.54, 1.807) is 23.1 Å². The van der Waals surface area contributed by atoms with E-state index in [2.05, 4.69) is 11.4 Å². The zero-order valence-corrected chi connectivity index (χ0v) is 17.8. The fraction of sp³-hybridized carbons (Fsp3) is 0.333. The van der Waals surface area contributed by atoms with E-state index in [1.165, 1.54) is 0 Å². The first kappa shape index (κ1) is 21.3. The molecule has 0 aliphatic carbocycles. The van der Waals surface area contributed by atoms with Gasteiger partial charge in [-0.05, 0) is 44.4 Å². The van der Waals surface area contributed by atoms with Gasteiger partial charge < -0.3 is 10.2 Å². The molecule has 154 valence electrons. The lowest BCUT2D eigenvalue weighted by Gasteiger charge is -2.34. The monoisotopic (exact) mass is 402 g/mol. The third kappa shape index (κ3) is 3.97. The molecule has 0 aromatic heterocycles. The number of rotatable bonds is 6. The number of benzene rings is 2. The van der Waals surface area contributed by atoms with Crippen LogP contribution in [0.5, 0.6) is 0 Å². The van der Waals surface area contributed by atoms with Gasteiger partial charge >= 0.3 is 0 Å². The largest absolute Gasteiger partial charge is 0.325 e. The minimum Gasteiger partial charge on any atom is -0.325 e. The number of carbonyl (C=O) groups excluding carboxylic acids is 2. The number of hydrogen-bond acceptors (Lipinski definition) is 4. The van der Waals surface area contributed by atoms with Crippen LogP contribution < -0.4 is 5.32 Å². The van der Waals surface area contributed by atoms with Crippen molar-refractivity contribution in [2.45, 2.75) is 46.2 Å². The van der Waals surface area contributed by atoms with E-state index >= 15 is 0 Å². The van der Waals surface area contributed by atoms with Gasteiger partial charge in [0.05, 0.1) is 11.6 Å². The van der Waals surface area contributed by atoms with E-state index in [9.17, 15) is 14.9 Å². The summed E-state index contributed by atoms with van der Waals surface area (Å²) in [6.07, 6.45) is 1.22. The van der Waals surface area contributed by atoms with Crippen molar-refractivity contribution < 1.29 is 9.59 Å². The molecule has 1 aliphatic heterocycles. The predicted octanol–water partition coefficient (Wildman–Crippen LogP) is 3.96. The maximum atomic E-state index is 13.2. The highest BCUT2D eigenvalue weighted by atomic mass is 16.2. The first-order chi connectivity index (χ1) is 14.3. The topological polar surface area (TPSA) is 85.6 Å². The van der Waals surface area contributed by atoms with Crippen LogP contribution in [0.25, 0.3) is 0 Å². The van der Waals surface area contributed by atoms with Crippen LogP contribution in [0.15, 0.2) is 47.5 Å². The van der Waals surface area contributed by atoms with Gasteiger partial charge in [0.25, 0.3) is 5.91 Å². The van der Waals surface area contributed by atoms with Crippen LogP contribution in [-0.4, -0.2) is 34.6 Å². The minimum atomic E-state index is -0.736. The highest BCUT2D eigenvalue weighted by Gasteiger charge is 2.45. The summed E-state index contributed by atoms with van der Waals surface area (Å²) in [4.78, 5) is 32.4. The molecule has 0 radical (unpaired) electrons. The molecule has 30 heavy (non-hydrogen) atoms. The molecule has 1 heterocycles. The molecule has 0 atom stereocenters. The summed E-state index contributed by atoms with van der Waals surface area (Å²) >= 11 is 0. The van der Waals surface area contributed by atoms with Crippen LogP contribution in [0.1, 0.15) is 48.9 Å². The predicted molar refractivity (Wildman–Crippen MR) is 117 cm³/mol. The lowest BCUT2D eigenvalue weighted by Crippen LogP contribution is -2.49. The first-order valence-electron chi connectivity index (χ1n) is 10.1. The molecular formula is C24H26N4O2. The number of anilines is 1. The summed E-state index contributed by atoms with van der Waals surface area (Å²) in [5.74, 6) is -0.554. The maximum absolute atomic E-state index is 13.2. The lowest BCUT2D eigenvalue weighted by molar-refractivity contribution is -0.133. The van der Waals surface area contributed by atoms with Crippen LogP contribution in [0.4, 0.5) is 5.69 Å². The molecule has 0 saturated heterocycles. The first-order valence-corrected chi connectivity index (χ1v) is 10.1. The second kappa shape index (κ2) is 8.50. The van der Waals surface area contributed by atoms with Gasteiger partial charge in [-0.1, -0.05) is 49.7 Å². The molecule has 2 aromatic carbocycles. The Morgan fingerprint density at radius 3 is 2.40 bits per heavy atom. The van der Waals surface area contributed by atoms with E-state index in [-0.39, 0.29) is 18.4 Å². The molecule has 6 heteroatoms. The van der Waals surface area contributed by atoms with Crippen LogP contribution >= 0.6 is 0 Å². The number of hydrogen-bond donors (Lipinski definition) is 1. The van der Waals surface area contributed by atoms with Crippen molar-refractivity contribution in [3.05, 3.63) is 64.7 Å². The summed E-state index contributed by atoms with van der Waals surface area (Å²) in [7, 11) is 0. The third-order valence-electron chi connectivity index (χ3n) is 5.67. The van der Waals surface area contributed by atoms with Crippen molar-refractivity contribution in [1.82, 2.24) is 4.90 Å². The van der Waals surface area contributed by atoms with Crippen LogP contribution in [0, 0.1) is 25.2 Å². The van der Waals surface area contributed by atoms with Gasteiger partial charge in [-0.25, -0.2) is 0 Å². The Labute approximate surface area is 177 Å². The van der Waals surface area contributed by atoms with Gasteiger partial charge in [-0.3, -0.25) is 14.6 Å². The Hall–Kier alpha value is -3.46. The second-order valence-corrected chi connectivity index (χ2v) is 7.60. The van der Waals surface area contributed by atoms with E-state index in [4.69, 9.17) is 4.99 Å². The number of nitrogens with one attached hydrogen (secondary N) is 1. The molecule has 0 spiro atoms. The highest BCUT2D eigenvalue weighted by molar-refractivity contribution is 6.47. The van der Waals surface area contributed by atoms with Gasteiger partial charge in [0, 0.05) is 11.3 Å². The van der Waals surface area contributed by atoms with Crippen molar-refractivity contribution >= 4 is 23.2 Å². The molecule has 0 fully saturated rings. The average molecular weight is 402 g/mol. The highest BCUT2D eigenvalue weighted by Crippen LogP contribution is 2.33. The molecule has 6 nitrogen and oxygen atoms in total. The minimum absolute atomic E-state index is 0.102. The summed E-state index contributed by atoms with van der Waals surface area (Å²) in [6.45, 7) is 7.68. The maximum Gasteiger partial charge on any atom is 0.275 e. The van der Waals surface area contributed by atoms with Crippen molar-refractivity contribution in [3.63, 3.8) is 0 Å². The summed E-state index contributed by atoms with van der Waals surface area (Å²) < 4.78 is 0. The van der Waals surface area contributed by atoms with E-state index in [0.29, 0.717) is 29.8 Å². The van der Waals surface area contributed by atoms with Gasteiger partial charge in [0.15, 0.2) is 0 Å². The van der Waals surface area contributed by atoms with Crippen LogP contribution in [0.2, 0.25) is 0 Å². The third-order valence-corrected chi connectivity index (χ3v) is 5.67. The summed E-state index contributed by atoms with van der Waals surface area (Å²) in [5.41, 5.74) is 3.41. The Morgan fingerprint density at radius 1 is 1.13 bits per heavy atom. The number of amides is 2. The number of aryl methyl sites for hydroxylation is 2. The summed E-state index contributed by atoms with van der Waals surface area (Å²) in [6, 6.07) is 15.0. The molecular weight excluding hydrogens is 376 g/mol. The Balaban J connectivity index is 1.84. The number of nitrogens with zero attached hydrogens (tertiary/aromatic N) is 3. The smallest absolute Gasteiger partial charge is 0.275 e. The molecule has 2 amide bonds. The molecule has 3 rings (SSSR count). The molecule has 2 aromatic rings. The number of aliphatic imine (C=N–C) groups is 1. The van der Waals surface area contributed by atoms with Gasteiger partial charge in [0.2, 0.25) is 5.91 Å². The molecule has 0 unspecified atom stereocenters. The number of carbonyl (C=O) groups is 2. The van der Waals surface area contributed by atoms with Crippen molar-refractivity contribution in [3.8, 4) is 6.07 Å². The van der Waals surface area contributed by atoms with Crippen molar-refractivity contribution in [1.29, 1.82) is 5.26 Å².